The average Bonchev–Trinajstić information content (AvgIpc) is 2.70. The summed E-state index contributed by atoms with van der Waals surface area (Å²) in [5, 5.41) is 9.05. The van der Waals surface area contributed by atoms with Gasteiger partial charge in [0.05, 0.1) is 12.2 Å². The lowest BCUT2D eigenvalue weighted by Crippen LogP contribution is -2.28. The molecule has 0 aromatic carbocycles. The second-order valence-electron chi connectivity index (χ2n) is 8.98. The maximum atomic E-state index is 9.05. The first-order valence-corrected chi connectivity index (χ1v) is 11.8. The molecule has 2 aliphatic rings. The van der Waals surface area contributed by atoms with Crippen LogP contribution in [0, 0.1) is 29.1 Å². The molecule has 0 unspecified atom stereocenters. The minimum Gasteiger partial charge on any atom is -0.378 e. The van der Waals surface area contributed by atoms with Crippen molar-refractivity contribution in [3.63, 3.8) is 0 Å². The molecule has 0 atom stereocenters. The highest BCUT2D eigenvalue weighted by molar-refractivity contribution is 4.89. The van der Waals surface area contributed by atoms with Crippen LogP contribution in [-0.2, 0) is 4.74 Å². The van der Waals surface area contributed by atoms with E-state index in [-0.39, 0.29) is 0 Å². The number of nitriles is 1. The molecule has 2 fully saturated rings. The fourth-order valence-corrected chi connectivity index (χ4v) is 5.11. The van der Waals surface area contributed by atoms with Gasteiger partial charge in [-0.3, -0.25) is 0 Å². The van der Waals surface area contributed by atoms with Crippen LogP contribution in [0.4, 0.5) is 0 Å². The maximum absolute atomic E-state index is 9.05. The third kappa shape index (κ3) is 8.43. The molecular weight excluding hydrogens is 318 g/mol. The standard InChI is InChI=1S/C24H43NO/c1-2-3-4-5-6-7-8-9-10-19-26-24-17-15-23(16-18-24)22-13-11-21(20-25)12-14-22/h21-24H,2-19H2,1H3. The highest BCUT2D eigenvalue weighted by atomic mass is 16.5. The summed E-state index contributed by atoms with van der Waals surface area (Å²) in [4.78, 5) is 0. The van der Waals surface area contributed by atoms with Crippen LogP contribution in [0.15, 0.2) is 0 Å². The van der Waals surface area contributed by atoms with E-state index < -0.39 is 0 Å². The normalized spacial score (nSPS) is 29.4. The van der Waals surface area contributed by atoms with Gasteiger partial charge in [0.25, 0.3) is 0 Å². The van der Waals surface area contributed by atoms with Gasteiger partial charge in [0, 0.05) is 12.5 Å². The van der Waals surface area contributed by atoms with Gasteiger partial charge in [-0.2, -0.15) is 5.26 Å². The van der Waals surface area contributed by atoms with Crippen molar-refractivity contribution in [1.82, 2.24) is 0 Å². The molecule has 0 aliphatic heterocycles. The molecule has 0 saturated heterocycles. The molecule has 0 bridgehead atoms. The predicted molar refractivity (Wildman–Crippen MR) is 110 cm³/mol. The summed E-state index contributed by atoms with van der Waals surface area (Å²) < 4.78 is 6.17. The summed E-state index contributed by atoms with van der Waals surface area (Å²) in [6, 6.07) is 2.47. The topological polar surface area (TPSA) is 33.0 Å². The fourth-order valence-electron chi connectivity index (χ4n) is 5.11. The number of hydrogen-bond donors (Lipinski definition) is 0. The summed E-state index contributed by atoms with van der Waals surface area (Å²) in [6.45, 7) is 3.27. The van der Waals surface area contributed by atoms with E-state index in [2.05, 4.69) is 13.0 Å². The van der Waals surface area contributed by atoms with Crippen LogP contribution in [0.5, 0.6) is 0 Å². The van der Waals surface area contributed by atoms with Gasteiger partial charge in [-0.15, -0.1) is 0 Å². The molecular formula is C24H43NO. The van der Waals surface area contributed by atoms with Crippen molar-refractivity contribution < 1.29 is 4.74 Å². The zero-order chi connectivity index (χ0) is 18.5. The monoisotopic (exact) mass is 361 g/mol. The highest BCUT2D eigenvalue weighted by Gasteiger charge is 2.30. The van der Waals surface area contributed by atoms with Gasteiger partial charge in [-0.25, -0.2) is 0 Å². The Bertz CT molecular complexity index is 372. The molecule has 2 saturated carbocycles. The second-order valence-corrected chi connectivity index (χ2v) is 8.98. The maximum Gasteiger partial charge on any atom is 0.0655 e. The zero-order valence-electron chi connectivity index (χ0n) is 17.4. The van der Waals surface area contributed by atoms with Gasteiger partial charge < -0.3 is 4.74 Å². The van der Waals surface area contributed by atoms with Crippen LogP contribution < -0.4 is 0 Å². The summed E-state index contributed by atoms with van der Waals surface area (Å²) in [7, 11) is 0. The van der Waals surface area contributed by atoms with Gasteiger partial charge in [0.2, 0.25) is 0 Å². The van der Waals surface area contributed by atoms with Crippen molar-refractivity contribution in [2.75, 3.05) is 6.61 Å². The number of nitrogens with zero attached hydrogens (tertiary/aromatic N) is 1. The highest BCUT2D eigenvalue weighted by Crippen LogP contribution is 2.40. The number of ether oxygens (including phenoxy) is 1. The van der Waals surface area contributed by atoms with E-state index >= 15 is 0 Å². The van der Waals surface area contributed by atoms with Crippen molar-refractivity contribution in [2.45, 2.75) is 122 Å². The Morgan fingerprint density at radius 3 is 1.73 bits per heavy atom. The molecule has 2 nitrogen and oxygen atoms in total. The van der Waals surface area contributed by atoms with Crippen LogP contribution in [0.2, 0.25) is 0 Å². The van der Waals surface area contributed by atoms with Crippen LogP contribution in [0.3, 0.4) is 0 Å². The summed E-state index contributed by atoms with van der Waals surface area (Å²) in [5.41, 5.74) is 0. The molecule has 2 heteroatoms. The van der Waals surface area contributed by atoms with Gasteiger partial charge in [0.1, 0.15) is 0 Å². The van der Waals surface area contributed by atoms with E-state index in [0.29, 0.717) is 12.0 Å². The lowest BCUT2D eigenvalue weighted by atomic mass is 9.71. The van der Waals surface area contributed by atoms with E-state index in [1.54, 1.807) is 0 Å². The summed E-state index contributed by atoms with van der Waals surface area (Å²) in [5.74, 6) is 2.17. The van der Waals surface area contributed by atoms with Crippen molar-refractivity contribution in [3.8, 4) is 6.07 Å². The summed E-state index contributed by atoms with van der Waals surface area (Å²) >= 11 is 0. The molecule has 26 heavy (non-hydrogen) atoms. The van der Waals surface area contributed by atoms with E-state index in [4.69, 9.17) is 10.00 Å². The van der Waals surface area contributed by atoms with Gasteiger partial charge in [0.15, 0.2) is 0 Å². The van der Waals surface area contributed by atoms with Crippen LogP contribution in [0.1, 0.15) is 116 Å². The molecule has 0 spiro atoms. The first-order valence-electron chi connectivity index (χ1n) is 11.8. The Morgan fingerprint density at radius 2 is 1.19 bits per heavy atom. The molecule has 2 rings (SSSR count). The molecule has 0 amide bonds. The average molecular weight is 362 g/mol. The van der Waals surface area contributed by atoms with Crippen LogP contribution >= 0.6 is 0 Å². The SMILES string of the molecule is CCCCCCCCCCCOC1CCC(C2CCC(C#N)CC2)CC1. The van der Waals surface area contributed by atoms with Crippen molar-refractivity contribution in [2.24, 2.45) is 17.8 Å². The van der Waals surface area contributed by atoms with E-state index in [0.717, 1.165) is 31.3 Å². The number of unbranched alkanes of at least 4 members (excludes halogenated alkanes) is 8. The van der Waals surface area contributed by atoms with Gasteiger partial charge in [-0.1, -0.05) is 58.3 Å². The smallest absolute Gasteiger partial charge is 0.0655 e. The first-order chi connectivity index (χ1) is 12.8. The van der Waals surface area contributed by atoms with Gasteiger partial charge >= 0.3 is 0 Å². The predicted octanol–water partition coefficient (Wildman–Crippen LogP) is 7.42. The minimum atomic E-state index is 0.349. The van der Waals surface area contributed by atoms with E-state index in [1.165, 1.54) is 96.3 Å². The minimum absolute atomic E-state index is 0.349. The lowest BCUT2D eigenvalue weighted by molar-refractivity contribution is 0.00601. The van der Waals surface area contributed by atoms with Crippen molar-refractivity contribution in [3.05, 3.63) is 0 Å². The molecule has 0 radical (unpaired) electrons. The molecule has 0 N–H and O–H groups in total. The van der Waals surface area contributed by atoms with Gasteiger partial charge in [-0.05, 0) is 69.6 Å². The molecule has 2 aliphatic carbocycles. The molecule has 150 valence electrons. The third-order valence-corrected chi connectivity index (χ3v) is 6.94. The Kier molecular flexibility index (Phi) is 11.4. The fraction of sp³-hybridized carbons (Fsp3) is 0.958. The third-order valence-electron chi connectivity index (χ3n) is 6.94. The lowest BCUT2D eigenvalue weighted by Gasteiger charge is -2.36. The molecule has 0 heterocycles. The second kappa shape index (κ2) is 13.6. The largest absolute Gasteiger partial charge is 0.378 e. The molecule has 0 aromatic rings. The first kappa shape index (κ1) is 21.7. The Morgan fingerprint density at radius 1 is 0.692 bits per heavy atom. The molecule has 0 aromatic heterocycles. The summed E-state index contributed by atoms with van der Waals surface area (Å²) in [6.07, 6.45) is 23.2. The number of rotatable bonds is 12. The van der Waals surface area contributed by atoms with Crippen LogP contribution in [-0.4, -0.2) is 12.7 Å². The van der Waals surface area contributed by atoms with Crippen LogP contribution in [0.25, 0.3) is 0 Å². The Balaban J connectivity index is 1.42. The Hall–Kier alpha value is -0.550. The van der Waals surface area contributed by atoms with E-state index in [1.807, 2.05) is 0 Å². The van der Waals surface area contributed by atoms with E-state index in [9.17, 15) is 0 Å². The van der Waals surface area contributed by atoms with Crippen molar-refractivity contribution in [1.29, 1.82) is 5.26 Å². The Labute approximate surface area is 163 Å². The van der Waals surface area contributed by atoms with Crippen molar-refractivity contribution >= 4 is 0 Å². The zero-order valence-corrected chi connectivity index (χ0v) is 17.4. The number of hydrogen-bond acceptors (Lipinski definition) is 2. The quantitative estimate of drug-likeness (QED) is 0.339.